The number of piperidine rings is 1. The van der Waals surface area contributed by atoms with Gasteiger partial charge in [0.05, 0.1) is 4.88 Å². The molecule has 1 N–H and O–H groups in total. The van der Waals surface area contributed by atoms with Gasteiger partial charge in [-0.1, -0.05) is 0 Å². The van der Waals surface area contributed by atoms with Gasteiger partial charge in [0, 0.05) is 29.0 Å². The summed E-state index contributed by atoms with van der Waals surface area (Å²) in [4.78, 5) is 14.9. The Hall–Kier alpha value is -0.390. The maximum atomic E-state index is 12.1. The molecular weight excluding hydrogens is 288 g/mol. The number of nitrogens with one attached hydrogen (secondary N) is 1. The van der Waals surface area contributed by atoms with E-state index in [1.54, 1.807) is 0 Å². The van der Waals surface area contributed by atoms with Gasteiger partial charge in [0.15, 0.2) is 0 Å². The van der Waals surface area contributed by atoms with E-state index in [4.69, 9.17) is 0 Å². The molecule has 3 nitrogen and oxygen atoms in total. The van der Waals surface area contributed by atoms with Crippen LogP contribution in [0.4, 0.5) is 0 Å². The van der Waals surface area contributed by atoms with E-state index in [0.29, 0.717) is 6.04 Å². The van der Waals surface area contributed by atoms with E-state index in [1.165, 1.54) is 11.3 Å². The SMILES string of the molecule is CNC1CCN(C(=O)c2cc(Br)cs2)CC1. The lowest BCUT2D eigenvalue weighted by molar-refractivity contribution is 0.0712. The number of thiophene rings is 1. The quantitative estimate of drug-likeness (QED) is 0.909. The molecule has 1 aliphatic rings. The highest BCUT2D eigenvalue weighted by atomic mass is 79.9. The fourth-order valence-electron chi connectivity index (χ4n) is 1.95. The van der Waals surface area contributed by atoms with Gasteiger partial charge < -0.3 is 10.2 Å². The van der Waals surface area contributed by atoms with Crippen LogP contribution >= 0.6 is 27.3 Å². The van der Waals surface area contributed by atoms with Crippen LogP contribution in [0, 0.1) is 0 Å². The van der Waals surface area contributed by atoms with Crippen LogP contribution in [0.3, 0.4) is 0 Å². The normalized spacial score (nSPS) is 17.8. The second kappa shape index (κ2) is 5.29. The number of rotatable bonds is 2. The summed E-state index contributed by atoms with van der Waals surface area (Å²) >= 11 is 4.88. The van der Waals surface area contributed by atoms with Gasteiger partial charge in [-0.25, -0.2) is 0 Å². The molecule has 1 fully saturated rings. The number of likely N-dealkylation sites (tertiary alicyclic amines) is 1. The van der Waals surface area contributed by atoms with E-state index in [2.05, 4.69) is 21.2 Å². The van der Waals surface area contributed by atoms with Gasteiger partial charge in [0.2, 0.25) is 0 Å². The maximum absolute atomic E-state index is 12.1. The number of carbonyl (C=O) groups excluding carboxylic acids is 1. The summed E-state index contributed by atoms with van der Waals surface area (Å²) in [6.07, 6.45) is 2.10. The van der Waals surface area contributed by atoms with E-state index in [1.807, 2.05) is 23.4 Å². The van der Waals surface area contributed by atoms with Crippen LogP contribution in [0.1, 0.15) is 22.5 Å². The molecule has 0 spiro atoms. The summed E-state index contributed by atoms with van der Waals surface area (Å²) < 4.78 is 0.992. The zero-order valence-corrected chi connectivity index (χ0v) is 11.6. The Bertz CT molecular complexity index is 372. The van der Waals surface area contributed by atoms with Crippen molar-refractivity contribution in [2.75, 3.05) is 20.1 Å². The second-order valence-electron chi connectivity index (χ2n) is 3.98. The Morgan fingerprint density at radius 1 is 1.56 bits per heavy atom. The minimum atomic E-state index is 0.172. The van der Waals surface area contributed by atoms with E-state index in [9.17, 15) is 4.79 Å². The summed E-state index contributed by atoms with van der Waals surface area (Å²) in [5, 5.41) is 5.22. The lowest BCUT2D eigenvalue weighted by atomic mass is 10.1. The first-order valence-electron chi connectivity index (χ1n) is 5.41. The standard InChI is InChI=1S/C11H15BrN2OS/c1-13-9-2-4-14(5-3-9)11(15)10-6-8(12)7-16-10/h6-7,9,13H,2-5H2,1H3. The molecule has 0 bridgehead atoms. The number of amides is 1. The minimum Gasteiger partial charge on any atom is -0.338 e. The first kappa shape index (κ1) is 12.1. The molecule has 0 unspecified atom stereocenters. The molecule has 2 rings (SSSR count). The lowest BCUT2D eigenvalue weighted by Crippen LogP contribution is -2.43. The predicted octanol–water partition coefficient (Wildman–Crippen LogP) is 2.33. The zero-order chi connectivity index (χ0) is 11.5. The largest absolute Gasteiger partial charge is 0.338 e. The highest BCUT2D eigenvalue weighted by molar-refractivity contribution is 9.10. The average Bonchev–Trinajstić information content (AvgIpc) is 2.75. The van der Waals surface area contributed by atoms with Crippen LogP contribution in [0.25, 0.3) is 0 Å². The molecule has 1 aromatic rings. The Kier molecular flexibility index (Phi) is 4.00. The third-order valence-corrected chi connectivity index (χ3v) is 4.65. The van der Waals surface area contributed by atoms with Crippen molar-refractivity contribution in [1.29, 1.82) is 0 Å². The van der Waals surface area contributed by atoms with Crippen molar-refractivity contribution in [3.8, 4) is 0 Å². The van der Waals surface area contributed by atoms with Crippen LogP contribution in [0.2, 0.25) is 0 Å². The van der Waals surface area contributed by atoms with Crippen LogP contribution in [-0.4, -0.2) is 37.0 Å². The number of nitrogens with zero attached hydrogens (tertiary/aromatic N) is 1. The monoisotopic (exact) mass is 302 g/mol. The van der Waals surface area contributed by atoms with Crippen LogP contribution in [-0.2, 0) is 0 Å². The smallest absolute Gasteiger partial charge is 0.263 e. The van der Waals surface area contributed by atoms with Crippen molar-refractivity contribution in [2.24, 2.45) is 0 Å². The molecule has 0 aliphatic carbocycles. The summed E-state index contributed by atoms with van der Waals surface area (Å²) in [5.41, 5.74) is 0. The van der Waals surface area contributed by atoms with Gasteiger partial charge in [-0.3, -0.25) is 4.79 Å². The Morgan fingerprint density at radius 2 is 2.25 bits per heavy atom. The molecule has 2 heterocycles. The molecule has 0 radical (unpaired) electrons. The first-order valence-corrected chi connectivity index (χ1v) is 7.08. The van der Waals surface area contributed by atoms with Gasteiger partial charge >= 0.3 is 0 Å². The summed E-state index contributed by atoms with van der Waals surface area (Å²) in [6.45, 7) is 1.72. The predicted molar refractivity (Wildman–Crippen MR) is 70.0 cm³/mol. The average molecular weight is 303 g/mol. The molecule has 1 aliphatic heterocycles. The highest BCUT2D eigenvalue weighted by Gasteiger charge is 2.23. The molecule has 1 amide bonds. The van der Waals surface area contributed by atoms with Crippen molar-refractivity contribution in [2.45, 2.75) is 18.9 Å². The topological polar surface area (TPSA) is 32.3 Å². The zero-order valence-electron chi connectivity index (χ0n) is 9.20. The summed E-state index contributed by atoms with van der Waals surface area (Å²) in [5.74, 6) is 0.172. The fourth-order valence-corrected chi connectivity index (χ4v) is 3.35. The number of halogens is 1. The van der Waals surface area contributed by atoms with Crippen molar-refractivity contribution in [1.82, 2.24) is 10.2 Å². The Morgan fingerprint density at radius 3 is 2.75 bits per heavy atom. The number of carbonyl (C=O) groups is 1. The van der Waals surface area contributed by atoms with E-state index in [-0.39, 0.29) is 5.91 Å². The second-order valence-corrected chi connectivity index (χ2v) is 5.81. The van der Waals surface area contributed by atoms with Crippen molar-refractivity contribution in [3.05, 3.63) is 20.8 Å². The van der Waals surface area contributed by atoms with Crippen molar-refractivity contribution < 1.29 is 4.79 Å². The van der Waals surface area contributed by atoms with Crippen molar-refractivity contribution >= 4 is 33.2 Å². The molecule has 0 saturated carbocycles. The molecular formula is C11H15BrN2OS. The van der Waals surface area contributed by atoms with Gasteiger partial charge in [-0.05, 0) is 41.9 Å². The molecule has 0 atom stereocenters. The van der Waals surface area contributed by atoms with Crippen LogP contribution in [0.5, 0.6) is 0 Å². The van der Waals surface area contributed by atoms with Crippen LogP contribution in [0.15, 0.2) is 15.9 Å². The van der Waals surface area contributed by atoms with E-state index in [0.717, 1.165) is 35.3 Å². The van der Waals surface area contributed by atoms with Crippen LogP contribution < -0.4 is 5.32 Å². The third-order valence-electron chi connectivity index (χ3n) is 2.97. The maximum Gasteiger partial charge on any atom is 0.263 e. The third kappa shape index (κ3) is 2.64. The van der Waals surface area contributed by atoms with E-state index >= 15 is 0 Å². The van der Waals surface area contributed by atoms with Gasteiger partial charge in [0.1, 0.15) is 0 Å². The van der Waals surface area contributed by atoms with Gasteiger partial charge in [-0.15, -0.1) is 11.3 Å². The summed E-state index contributed by atoms with van der Waals surface area (Å²) in [6, 6.07) is 2.47. The fraction of sp³-hybridized carbons (Fsp3) is 0.545. The first-order chi connectivity index (χ1) is 7.70. The molecule has 1 aromatic heterocycles. The summed E-state index contributed by atoms with van der Waals surface area (Å²) in [7, 11) is 1.98. The number of hydrogen-bond donors (Lipinski definition) is 1. The molecule has 16 heavy (non-hydrogen) atoms. The number of hydrogen-bond acceptors (Lipinski definition) is 3. The molecule has 1 saturated heterocycles. The Labute approximate surface area is 108 Å². The highest BCUT2D eigenvalue weighted by Crippen LogP contribution is 2.22. The minimum absolute atomic E-state index is 0.172. The van der Waals surface area contributed by atoms with Gasteiger partial charge in [-0.2, -0.15) is 0 Å². The van der Waals surface area contributed by atoms with E-state index < -0.39 is 0 Å². The Balaban J connectivity index is 1.96. The lowest BCUT2D eigenvalue weighted by Gasteiger charge is -2.31. The van der Waals surface area contributed by atoms with Gasteiger partial charge in [0.25, 0.3) is 5.91 Å². The molecule has 88 valence electrons. The molecule has 5 heteroatoms. The van der Waals surface area contributed by atoms with Crippen molar-refractivity contribution in [3.63, 3.8) is 0 Å². The molecule has 0 aromatic carbocycles.